The Kier molecular flexibility index (Phi) is 3.90. The molecule has 0 radical (unpaired) electrons. The van der Waals surface area contributed by atoms with Crippen LogP contribution in [0.1, 0.15) is 10.4 Å². The Bertz CT molecular complexity index is 676. The van der Waals surface area contributed by atoms with Gasteiger partial charge in [0.25, 0.3) is 11.6 Å². The average Bonchev–Trinajstić information content (AvgIpc) is 2.39. The van der Waals surface area contributed by atoms with E-state index in [0.717, 1.165) is 12.3 Å². The van der Waals surface area contributed by atoms with Crippen LogP contribution in [0.15, 0.2) is 36.5 Å². The molecule has 0 atom stereocenters. The Morgan fingerprint density at radius 2 is 2.10 bits per heavy atom. The van der Waals surface area contributed by atoms with Crippen LogP contribution in [0.3, 0.4) is 0 Å². The molecule has 2 rings (SSSR count). The minimum Gasteiger partial charge on any atom is -0.322 e. The number of halogens is 2. The number of anilines is 1. The van der Waals surface area contributed by atoms with Crippen LogP contribution in [0.25, 0.3) is 0 Å². The Morgan fingerprint density at radius 3 is 2.65 bits per heavy atom. The first-order chi connectivity index (χ1) is 9.47. The first-order valence-corrected chi connectivity index (χ1v) is 5.72. The molecule has 0 saturated heterocycles. The Hall–Kier alpha value is -2.54. The summed E-state index contributed by atoms with van der Waals surface area (Å²) in [5, 5.41) is 13.0. The third-order valence-corrected chi connectivity index (χ3v) is 2.69. The van der Waals surface area contributed by atoms with Gasteiger partial charge in [0.1, 0.15) is 5.02 Å². The zero-order chi connectivity index (χ0) is 14.7. The summed E-state index contributed by atoms with van der Waals surface area (Å²) in [4.78, 5) is 25.1. The van der Waals surface area contributed by atoms with E-state index in [1.807, 2.05) is 0 Å². The molecule has 1 heterocycles. The van der Waals surface area contributed by atoms with Gasteiger partial charge in [-0.15, -0.1) is 0 Å². The summed E-state index contributed by atoms with van der Waals surface area (Å²) in [5.74, 6) is -1.22. The number of aromatic nitrogens is 1. The molecule has 0 aliphatic carbocycles. The topological polar surface area (TPSA) is 85.1 Å². The molecule has 8 heteroatoms. The largest absolute Gasteiger partial charge is 0.322 e. The van der Waals surface area contributed by atoms with Crippen molar-refractivity contribution in [3.8, 4) is 0 Å². The van der Waals surface area contributed by atoms with Crippen molar-refractivity contribution in [3.63, 3.8) is 0 Å². The van der Waals surface area contributed by atoms with Gasteiger partial charge in [-0.3, -0.25) is 14.9 Å². The molecule has 0 aliphatic rings. The minimum absolute atomic E-state index is 0.0926. The van der Waals surface area contributed by atoms with Crippen LogP contribution < -0.4 is 5.32 Å². The third kappa shape index (κ3) is 3.07. The van der Waals surface area contributed by atoms with Crippen molar-refractivity contribution >= 4 is 28.9 Å². The Balaban J connectivity index is 2.18. The fourth-order valence-electron chi connectivity index (χ4n) is 1.45. The summed E-state index contributed by atoms with van der Waals surface area (Å²) >= 11 is 5.72. The highest BCUT2D eigenvalue weighted by Crippen LogP contribution is 2.27. The van der Waals surface area contributed by atoms with Gasteiger partial charge in [0.15, 0.2) is 0 Å². The van der Waals surface area contributed by atoms with Crippen molar-refractivity contribution in [2.75, 3.05) is 5.32 Å². The van der Waals surface area contributed by atoms with Crippen LogP contribution in [-0.2, 0) is 0 Å². The molecule has 0 unspecified atom stereocenters. The van der Waals surface area contributed by atoms with Gasteiger partial charge in [0.05, 0.1) is 10.5 Å². The lowest BCUT2D eigenvalue weighted by atomic mass is 10.2. The number of carbonyl (C=O) groups is 1. The summed E-state index contributed by atoms with van der Waals surface area (Å²) in [6.45, 7) is 0. The quantitative estimate of drug-likeness (QED) is 0.536. The van der Waals surface area contributed by atoms with Gasteiger partial charge in [-0.25, -0.2) is 4.98 Å². The molecule has 0 spiro atoms. The zero-order valence-corrected chi connectivity index (χ0v) is 10.6. The summed E-state index contributed by atoms with van der Waals surface area (Å²) in [7, 11) is 0. The molecule has 0 saturated carbocycles. The number of hydrogen-bond acceptors (Lipinski definition) is 4. The van der Waals surface area contributed by atoms with Crippen LogP contribution in [0.5, 0.6) is 0 Å². The van der Waals surface area contributed by atoms with Crippen molar-refractivity contribution in [2.45, 2.75) is 0 Å². The Morgan fingerprint density at radius 1 is 1.35 bits per heavy atom. The first-order valence-electron chi connectivity index (χ1n) is 5.34. The molecule has 0 bridgehead atoms. The number of benzene rings is 1. The molecule has 1 aromatic heterocycles. The fraction of sp³-hybridized carbons (Fsp3) is 0. The van der Waals surface area contributed by atoms with Crippen LogP contribution in [-0.4, -0.2) is 15.8 Å². The predicted molar refractivity (Wildman–Crippen MR) is 70.3 cm³/mol. The van der Waals surface area contributed by atoms with Crippen molar-refractivity contribution in [2.24, 2.45) is 0 Å². The second kappa shape index (κ2) is 5.62. The van der Waals surface area contributed by atoms with Gasteiger partial charge >= 0.3 is 0 Å². The molecule has 2 aromatic rings. The average molecular weight is 296 g/mol. The van der Waals surface area contributed by atoms with Crippen LogP contribution in [0.4, 0.5) is 15.8 Å². The van der Waals surface area contributed by atoms with E-state index in [1.165, 1.54) is 24.3 Å². The standard InChI is InChI=1S/C12H7ClFN3O3/c13-9-5-8(2-3-10(9)17(19)20)16-12(18)7-1-4-11(14)15-6-7/h1-6H,(H,16,18). The SMILES string of the molecule is O=C(Nc1ccc([N+](=O)[O-])c(Cl)c1)c1ccc(F)nc1. The van der Waals surface area contributed by atoms with E-state index in [4.69, 9.17) is 11.6 Å². The highest BCUT2D eigenvalue weighted by atomic mass is 35.5. The molecule has 0 aliphatic heterocycles. The molecule has 20 heavy (non-hydrogen) atoms. The number of hydrogen-bond donors (Lipinski definition) is 1. The van der Waals surface area contributed by atoms with Crippen LogP contribution >= 0.6 is 11.6 Å². The van der Waals surface area contributed by atoms with Gasteiger partial charge < -0.3 is 5.32 Å². The summed E-state index contributed by atoms with van der Waals surface area (Å²) in [5.41, 5.74) is 0.184. The van der Waals surface area contributed by atoms with Crippen LogP contribution in [0.2, 0.25) is 5.02 Å². The zero-order valence-electron chi connectivity index (χ0n) is 9.84. The second-order valence-electron chi connectivity index (χ2n) is 3.75. The predicted octanol–water partition coefficient (Wildman–Crippen LogP) is 3.03. The highest BCUT2D eigenvalue weighted by Gasteiger charge is 2.13. The molecule has 102 valence electrons. The lowest BCUT2D eigenvalue weighted by molar-refractivity contribution is -0.384. The number of amides is 1. The maximum absolute atomic E-state index is 12.6. The van der Waals surface area contributed by atoms with Crippen molar-refractivity contribution in [1.82, 2.24) is 4.98 Å². The first kappa shape index (κ1) is 13.9. The molecule has 1 N–H and O–H groups in total. The van der Waals surface area contributed by atoms with E-state index in [2.05, 4.69) is 10.3 Å². The van der Waals surface area contributed by atoms with Crippen molar-refractivity contribution in [3.05, 3.63) is 63.2 Å². The smallest absolute Gasteiger partial charge is 0.288 e. The summed E-state index contributed by atoms with van der Waals surface area (Å²) in [6.07, 6.45) is 1.08. The van der Waals surface area contributed by atoms with E-state index < -0.39 is 16.8 Å². The maximum Gasteiger partial charge on any atom is 0.288 e. The number of pyridine rings is 1. The van der Waals surface area contributed by atoms with E-state index in [0.29, 0.717) is 0 Å². The number of nitro groups is 1. The van der Waals surface area contributed by atoms with E-state index in [-0.39, 0.29) is 22.0 Å². The lowest BCUT2D eigenvalue weighted by Gasteiger charge is -2.05. The fourth-order valence-corrected chi connectivity index (χ4v) is 1.70. The van der Waals surface area contributed by atoms with Gasteiger partial charge in [-0.05, 0) is 24.3 Å². The van der Waals surface area contributed by atoms with Gasteiger partial charge in [0, 0.05) is 18.0 Å². The molecule has 0 fully saturated rings. The molecular weight excluding hydrogens is 289 g/mol. The maximum atomic E-state index is 12.6. The van der Waals surface area contributed by atoms with Gasteiger partial charge in [0.2, 0.25) is 5.95 Å². The second-order valence-corrected chi connectivity index (χ2v) is 4.15. The normalized spacial score (nSPS) is 10.1. The van der Waals surface area contributed by atoms with Gasteiger partial charge in [-0.2, -0.15) is 4.39 Å². The molecule has 6 nitrogen and oxygen atoms in total. The van der Waals surface area contributed by atoms with Gasteiger partial charge in [-0.1, -0.05) is 11.6 Å². The van der Waals surface area contributed by atoms with Crippen molar-refractivity contribution in [1.29, 1.82) is 0 Å². The molecule has 1 aromatic carbocycles. The number of nitrogens with zero attached hydrogens (tertiary/aromatic N) is 2. The summed E-state index contributed by atoms with van der Waals surface area (Å²) < 4.78 is 12.6. The number of rotatable bonds is 3. The van der Waals surface area contributed by atoms with Crippen molar-refractivity contribution < 1.29 is 14.1 Å². The summed E-state index contributed by atoms with van der Waals surface area (Å²) in [6, 6.07) is 6.11. The Labute approximate surface area is 117 Å². The van der Waals surface area contributed by atoms with E-state index in [9.17, 15) is 19.3 Å². The third-order valence-electron chi connectivity index (χ3n) is 2.39. The molecular formula is C12H7ClFN3O3. The number of nitrogens with one attached hydrogen (secondary N) is 1. The van der Waals surface area contributed by atoms with E-state index in [1.54, 1.807) is 0 Å². The lowest BCUT2D eigenvalue weighted by Crippen LogP contribution is -2.12. The van der Waals surface area contributed by atoms with Crippen LogP contribution in [0, 0.1) is 16.1 Å². The monoisotopic (exact) mass is 295 g/mol. The number of carbonyl (C=O) groups excluding carboxylic acids is 1. The van der Waals surface area contributed by atoms with E-state index >= 15 is 0 Å². The molecule has 1 amide bonds. The minimum atomic E-state index is -0.695. The number of nitro benzene ring substituents is 1. The highest BCUT2D eigenvalue weighted by molar-refractivity contribution is 6.33.